The van der Waals surface area contributed by atoms with Gasteiger partial charge in [-0.15, -0.1) is 11.3 Å². The molecule has 2 rings (SSSR count). The van der Waals surface area contributed by atoms with Gasteiger partial charge in [-0.25, -0.2) is 13.4 Å². The quantitative estimate of drug-likeness (QED) is 0.781. The second-order valence-electron chi connectivity index (χ2n) is 4.96. The molecule has 114 valence electrons. The van der Waals surface area contributed by atoms with E-state index in [-0.39, 0.29) is 10.3 Å². The topological polar surface area (TPSA) is 67.3 Å². The first-order valence-corrected chi connectivity index (χ1v) is 8.91. The van der Waals surface area contributed by atoms with Crippen LogP contribution in [0.3, 0.4) is 0 Å². The maximum atomic E-state index is 12.6. The summed E-state index contributed by atoms with van der Waals surface area (Å²) in [4.78, 5) is 15.7. The largest absolute Gasteiger partial charge is 0.279 e. The molecule has 8 heteroatoms. The molecule has 1 heterocycles. The number of hydrogen-bond acceptors (Lipinski definition) is 5. The van der Waals surface area contributed by atoms with Crippen molar-refractivity contribution in [2.24, 2.45) is 5.92 Å². The van der Waals surface area contributed by atoms with Gasteiger partial charge in [0.05, 0.1) is 10.2 Å². The Labute approximate surface area is 132 Å². The molecule has 0 radical (unpaired) electrons. The molecule has 0 bridgehead atoms. The number of benzene rings is 1. The summed E-state index contributed by atoms with van der Waals surface area (Å²) < 4.78 is 27.0. The smallest absolute Gasteiger partial charge is 0.270 e. The molecular weight excluding hydrogens is 332 g/mol. The van der Waals surface area contributed by atoms with Crippen LogP contribution in [0.1, 0.15) is 13.8 Å². The third kappa shape index (κ3) is 3.11. The van der Waals surface area contributed by atoms with Crippen molar-refractivity contribution in [1.29, 1.82) is 0 Å². The van der Waals surface area contributed by atoms with Crippen molar-refractivity contribution in [2.75, 3.05) is 7.05 Å². The number of halogens is 1. The van der Waals surface area contributed by atoms with E-state index >= 15 is 0 Å². The van der Waals surface area contributed by atoms with Crippen LogP contribution >= 0.6 is 22.9 Å². The fourth-order valence-electron chi connectivity index (χ4n) is 2.06. The Balaban J connectivity index is 2.47. The lowest BCUT2D eigenvalue weighted by Gasteiger charge is -2.26. The molecule has 0 amide bonds. The Hall–Kier alpha value is -1.02. The first-order valence-electron chi connectivity index (χ1n) is 6.28. The second-order valence-corrected chi connectivity index (χ2v) is 8.54. The van der Waals surface area contributed by atoms with Gasteiger partial charge >= 0.3 is 0 Å². The summed E-state index contributed by atoms with van der Waals surface area (Å²) >= 11 is 6.62. The SMILES string of the molecule is CC(C)[C@@H](C(=O)Cl)N(C)S(=O)(=O)c1nc2ccccc2s1. The van der Waals surface area contributed by atoms with Gasteiger partial charge in [0.1, 0.15) is 6.04 Å². The molecule has 1 atom stereocenters. The van der Waals surface area contributed by atoms with Gasteiger partial charge in [-0.2, -0.15) is 4.31 Å². The summed E-state index contributed by atoms with van der Waals surface area (Å²) in [6.45, 7) is 3.49. The number of nitrogens with zero attached hydrogens (tertiary/aromatic N) is 2. The van der Waals surface area contributed by atoms with Gasteiger partial charge in [0, 0.05) is 7.05 Å². The Kier molecular flexibility index (Phi) is 4.67. The van der Waals surface area contributed by atoms with Gasteiger partial charge in [0.25, 0.3) is 10.0 Å². The van der Waals surface area contributed by atoms with E-state index in [1.54, 1.807) is 32.0 Å². The highest BCUT2D eigenvalue weighted by Gasteiger charge is 2.35. The lowest BCUT2D eigenvalue weighted by Crippen LogP contribution is -2.43. The van der Waals surface area contributed by atoms with Crippen LogP contribution in [-0.4, -0.2) is 36.0 Å². The van der Waals surface area contributed by atoms with Gasteiger partial charge in [-0.3, -0.25) is 4.79 Å². The van der Waals surface area contributed by atoms with E-state index in [0.717, 1.165) is 20.3 Å². The first-order chi connectivity index (χ1) is 9.75. The highest BCUT2D eigenvalue weighted by Crippen LogP contribution is 2.29. The number of thiazole rings is 1. The number of carbonyl (C=O) groups is 1. The number of para-hydroxylation sites is 1. The van der Waals surface area contributed by atoms with Crippen LogP contribution in [-0.2, 0) is 14.8 Å². The molecule has 0 N–H and O–H groups in total. The fraction of sp³-hybridized carbons (Fsp3) is 0.385. The van der Waals surface area contributed by atoms with E-state index in [1.807, 2.05) is 6.07 Å². The predicted octanol–water partition coefficient (Wildman–Crippen LogP) is 2.71. The molecule has 21 heavy (non-hydrogen) atoms. The van der Waals surface area contributed by atoms with Crippen molar-refractivity contribution in [3.63, 3.8) is 0 Å². The summed E-state index contributed by atoms with van der Waals surface area (Å²) in [5, 5.41) is -0.697. The van der Waals surface area contributed by atoms with Crippen LogP contribution in [0.2, 0.25) is 0 Å². The predicted molar refractivity (Wildman–Crippen MR) is 84.1 cm³/mol. The van der Waals surface area contributed by atoms with Gasteiger partial charge in [-0.1, -0.05) is 26.0 Å². The zero-order valence-electron chi connectivity index (χ0n) is 11.8. The van der Waals surface area contributed by atoms with Crippen molar-refractivity contribution in [2.45, 2.75) is 24.2 Å². The number of rotatable bonds is 5. The summed E-state index contributed by atoms with van der Waals surface area (Å²) in [7, 11) is -2.50. The van der Waals surface area contributed by atoms with Gasteiger partial charge in [-0.05, 0) is 29.7 Å². The summed E-state index contributed by atoms with van der Waals surface area (Å²) in [5.41, 5.74) is 0.618. The Morgan fingerprint density at radius 3 is 2.48 bits per heavy atom. The lowest BCUT2D eigenvalue weighted by atomic mass is 10.1. The molecule has 0 aliphatic rings. The molecule has 2 aromatic rings. The maximum Gasteiger partial charge on any atom is 0.270 e. The van der Waals surface area contributed by atoms with Crippen molar-refractivity contribution < 1.29 is 13.2 Å². The standard InChI is InChI=1S/C13H15ClN2O3S2/c1-8(2)11(12(14)17)16(3)21(18,19)13-15-9-6-4-5-7-10(9)20-13/h4-8,11H,1-3H3/t11-/m0/s1. The molecule has 1 aromatic carbocycles. The number of fused-ring (bicyclic) bond motifs is 1. The molecule has 5 nitrogen and oxygen atoms in total. The van der Waals surface area contributed by atoms with Crippen LogP contribution in [0.5, 0.6) is 0 Å². The zero-order valence-corrected chi connectivity index (χ0v) is 14.2. The zero-order chi connectivity index (χ0) is 15.8. The molecule has 0 aliphatic carbocycles. The highest BCUT2D eigenvalue weighted by atomic mass is 35.5. The van der Waals surface area contributed by atoms with Crippen LogP contribution in [0.4, 0.5) is 0 Å². The van der Waals surface area contributed by atoms with E-state index < -0.39 is 21.3 Å². The Bertz CT molecular complexity index is 738. The molecule has 0 unspecified atom stereocenters. The van der Waals surface area contributed by atoms with E-state index in [4.69, 9.17) is 11.6 Å². The molecular formula is C13H15ClN2O3S2. The van der Waals surface area contributed by atoms with Gasteiger partial charge < -0.3 is 0 Å². The maximum absolute atomic E-state index is 12.6. The minimum absolute atomic E-state index is 0.0326. The minimum Gasteiger partial charge on any atom is -0.279 e. The number of hydrogen-bond donors (Lipinski definition) is 0. The first kappa shape index (κ1) is 16.4. The highest BCUT2D eigenvalue weighted by molar-refractivity contribution is 7.91. The molecule has 1 aromatic heterocycles. The van der Waals surface area contributed by atoms with Crippen LogP contribution < -0.4 is 0 Å². The molecule has 0 saturated carbocycles. The van der Waals surface area contributed by atoms with E-state index in [2.05, 4.69) is 4.98 Å². The summed E-state index contributed by atoms with van der Waals surface area (Å²) in [5.74, 6) is -0.232. The Morgan fingerprint density at radius 1 is 1.33 bits per heavy atom. The minimum atomic E-state index is -3.85. The number of carbonyl (C=O) groups excluding carboxylic acids is 1. The van der Waals surface area contributed by atoms with Crippen molar-refractivity contribution >= 4 is 48.4 Å². The van der Waals surface area contributed by atoms with Crippen LogP contribution in [0.15, 0.2) is 28.6 Å². The third-order valence-corrected chi connectivity index (χ3v) is 6.58. The molecule has 0 fully saturated rings. The van der Waals surface area contributed by atoms with Crippen molar-refractivity contribution in [1.82, 2.24) is 9.29 Å². The Morgan fingerprint density at radius 2 is 1.95 bits per heavy atom. The lowest BCUT2D eigenvalue weighted by molar-refractivity contribution is -0.115. The molecule has 0 saturated heterocycles. The summed E-state index contributed by atoms with van der Waals surface area (Å²) in [6, 6.07) is 6.25. The number of likely N-dealkylation sites (N-methyl/N-ethyl adjacent to an activating group) is 1. The third-order valence-electron chi connectivity index (χ3n) is 3.13. The van der Waals surface area contributed by atoms with Crippen molar-refractivity contribution in [3.05, 3.63) is 24.3 Å². The average molecular weight is 347 g/mol. The number of aromatic nitrogens is 1. The van der Waals surface area contributed by atoms with E-state index in [0.29, 0.717) is 5.52 Å². The van der Waals surface area contributed by atoms with Crippen LogP contribution in [0.25, 0.3) is 10.2 Å². The van der Waals surface area contributed by atoms with Crippen molar-refractivity contribution in [3.8, 4) is 0 Å². The monoisotopic (exact) mass is 346 g/mol. The van der Waals surface area contributed by atoms with Gasteiger partial charge in [0.15, 0.2) is 0 Å². The van der Waals surface area contributed by atoms with E-state index in [9.17, 15) is 13.2 Å². The fourth-order valence-corrected chi connectivity index (χ4v) is 5.35. The average Bonchev–Trinajstić information content (AvgIpc) is 2.82. The molecule has 0 aliphatic heterocycles. The van der Waals surface area contributed by atoms with Crippen LogP contribution in [0, 0.1) is 5.92 Å². The second kappa shape index (κ2) is 6.00. The van der Waals surface area contributed by atoms with Gasteiger partial charge in [0.2, 0.25) is 9.58 Å². The molecule has 0 spiro atoms. The van der Waals surface area contributed by atoms with E-state index in [1.165, 1.54) is 7.05 Å². The number of sulfonamides is 1. The summed E-state index contributed by atoms with van der Waals surface area (Å²) in [6.07, 6.45) is 0. The normalized spacial score (nSPS) is 14.0.